The van der Waals surface area contributed by atoms with Crippen LogP contribution in [0.25, 0.3) is 0 Å². The lowest BCUT2D eigenvalue weighted by Gasteiger charge is -2.03. The van der Waals surface area contributed by atoms with Crippen molar-refractivity contribution in [1.29, 1.82) is 0 Å². The highest BCUT2D eigenvalue weighted by Gasteiger charge is 1.95. The van der Waals surface area contributed by atoms with Crippen molar-refractivity contribution in [3.8, 4) is 0 Å². The second-order valence-electron chi connectivity index (χ2n) is 6.79. The maximum Gasteiger partial charge on any atom is 0.0431 e. The molecule has 0 heterocycles. The molecule has 2 heteroatoms. The van der Waals surface area contributed by atoms with Crippen LogP contribution in [0.4, 0.5) is 0 Å². The van der Waals surface area contributed by atoms with Crippen LogP contribution in [0.2, 0.25) is 0 Å². The second-order valence-corrected chi connectivity index (χ2v) is 7.20. The quantitative estimate of drug-likeness (QED) is 0.248. The Bertz CT molecular complexity index is 165. The lowest BCUT2D eigenvalue weighted by Crippen LogP contribution is -1.85. The van der Waals surface area contributed by atoms with Gasteiger partial charge in [0.25, 0.3) is 0 Å². The van der Waals surface area contributed by atoms with Crippen LogP contribution < -0.4 is 0 Å². The summed E-state index contributed by atoms with van der Waals surface area (Å²) in [4.78, 5) is 0. The molecule has 1 N–H and O–H groups in total. The normalized spacial score (nSPS) is 11.2. The Labute approximate surface area is 146 Å². The van der Waals surface area contributed by atoms with Gasteiger partial charge >= 0.3 is 0 Å². The Kier molecular flexibility index (Phi) is 21.6. The van der Waals surface area contributed by atoms with Crippen LogP contribution >= 0.6 is 12.6 Å². The molecule has 0 aliphatic heterocycles. The van der Waals surface area contributed by atoms with E-state index in [1.807, 2.05) is 0 Å². The Hall–Kier alpha value is 0.310. The third-order valence-corrected chi connectivity index (χ3v) is 4.84. The number of aliphatic hydroxyl groups excluding tert-OH is 1. The van der Waals surface area contributed by atoms with Crippen molar-refractivity contribution < 1.29 is 5.11 Å². The third-order valence-electron chi connectivity index (χ3n) is 4.55. The molecular weight excluding hydrogens is 288 g/mol. The lowest BCUT2D eigenvalue weighted by molar-refractivity contribution is 0.282. The van der Waals surface area contributed by atoms with E-state index in [9.17, 15) is 0 Å². The molecule has 1 nitrogen and oxygen atoms in total. The topological polar surface area (TPSA) is 20.2 Å². The maximum atomic E-state index is 8.70. The van der Waals surface area contributed by atoms with Gasteiger partial charge in [0.05, 0.1) is 0 Å². The average Bonchev–Trinajstić information content (AvgIpc) is 2.54. The van der Waals surface area contributed by atoms with Crippen molar-refractivity contribution in [2.45, 2.75) is 116 Å². The van der Waals surface area contributed by atoms with Gasteiger partial charge in [0.15, 0.2) is 0 Å². The standard InChI is InChI=1S/C20H41OS/c21-19-17-15-13-11-9-7-5-3-1-2-4-6-8-10-12-14-16-18-20-22/h21H,1-20H2. The SMILES string of the molecule is OCCCCCCCCCCCCCCCCCCCC[S]. The highest BCUT2D eigenvalue weighted by molar-refractivity contribution is 7.80. The van der Waals surface area contributed by atoms with Gasteiger partial charge in [-0.2, -0.15) is 0 Å². The van der Waals surface area contributed by atoms with Crippen LogP contribution in [0.15, 0.2) is 0 Å². The fraction of sp³-hybridized carbons (Fsp3) is 1.00. The van der Waals surface area contributed by atoms with Crippen LogP contribution in [0.3, 0.4) is 0 Å². The van der Waals surface area contributed by atoms with Gasteiger partial charge in [-0.25, -0.2) is 0 Å². The zero-order valence-corrected chi connectivity index (χ0v) is 15.8. The molecule has 0 aromatic heterocycles. The molecule has 0 rings (SSSR count). The minimum atomic E-state index is 0.370. The first-order valence-electron chi connectivity index (χ1n) is 10.1. The first-order valence-corrected chi connectivity index (χ1v) is 10.7. The molecule has 0 unspecified atom stereocenters. The van der Waals surface area contributed by atoms with Gasteiger partial charge in [0.1, 0.15) is 0 Å². The average molecular weight is 330 g/mol. The Balaban J connectivity index is 2.91. The van der Waals surface area contributed by atoms with Crippen LogP contribution in [0.1, 0.15) is 116 Å². The monoisotopic (exact) mass is 329 g/mol. The molecule has 0 amide bonds. The van der Waals surface area contributed by atoms with E-state index in [1.54, 1.807) is 0 Å². The summed E-state index contributed by atoms with van der Waals surface area (Å²) in [5.74, 6) is 0.948. The molecule has 0 aromatic rings. The van der Waals surface area contributed by atoms with E-state index in [-0.39, 0.29) is 0 Å². The van der Waals surface area contributed by atoms with Gasteiger partial charge in [0, 0.05) is 12.4 Å². The smallest absolute Gasteiger partial charge is 0.0431 e. The molecule has 133 valence electrons. The summed E-state index contributed by atoms with van der Waals surface area (Å²) in [6, 6.07) is 0. The van der Waals surface area contributed by atoms with E-state index < -0.39 is 0 Å². The van der Waals surface area contributed by atoms with Gasteiger partial charge in [-0.1, -0.05) is 115 Å². The largest absolute Gasteiger partial charge is 0.396 e. The molecule has 0 spiro atoms. The van der Waals surface area contributed by atoms with Gasteiger partial charge in [-0.3, -0.25) is 0 Å². The van der Waals surface area contributed by atoms with E-state index in [0.29, 0.717) is 6.61 Å². The van der Waals surface area contributed by atoms with Crippen molar-refractivity contribution in [2.24, 2.45) is 0 Å². The molecule has 22 heavy (non-hydrogen) atoms. The Morgan fingerprint density at radius 1 is 0.364 bits per heavy atom. The van der Waals surface area contributed by atoms with Crippen LogP contribution in [-0.4, -0.2) is 17.5 Å². The van der Waals surface area contributed by atoms with Crippen molar-refractivity contribution in [2.75, 3.05) is 12.4 Å². The zero-order chi connectivity index (χ0) is 16.1. The summed E-state index contributed by atoms with van der Waals surface area (Å²) in [6.45, 7) is 0.370. The second kappa shape index (κ2) is 21.3. The van der Waals surface area contributed by atoms with Crippen LogP contribution in [-0.2, 0) is 0 Å². The summed E-state index contributed by atoms with van der Waals surface area (Å²) in [6.07, 6.45) is 24.7. The Morgan fingerprint density at radius 2 is 0.591 bits per heavy atom. The number of hydrogen-bond donors (Lipinski definition) is 1. The van der Waals surface area contributed by atoms with E-state index in [1.165, 1.54) is 109 Å². The molecule has 0 bridgehead atoms. The molecule has 0 atom stereocenters. The summed E-state index contributed by atoms with van der Waals surface area (Å²) in [7, 11) is 0. The molecule has 0 fully saturated rings. The molecule has 0 aliphatic carbocycles. The molecule has 0 aliphatic rings. The molecule has 0 saturated carbocycles. The van der Waals surface area contributed by atoms with E-state index >= 15 is 0 Å². The van der Waals surface area contributed by atoms with Gasteiger partial charge < -0.3 is 5.11 Å². The number of rotatable bonds is 19. The molecular formula is C20H41OS. The van der Waals surface area contributed by atoms with E-state index in [0.717, 1.165) is 12.2 Å². The summed E-state index contributed by atoms with van der Waals surface area (Å²) >= 11 is 4.96. The fourth-order valence-corrected chi connectivity index (χ4v) is 3.25. The van der Waals surface area contributed by atoms with E-state index in [4.69, 9.17) is 17.7 Å². The van der Waals surface area contributed by atoms with Crippen LogP contribution in [0, 0.1) is 0 Å². The molecule has 0 saturated heterocycles. The zero-order valence-electron chi connectivity index (χ0n) is 15.0. The first-order chi connectivity index (χ1) is 10.9. The Morgan fingerprint density at radius 3 is 0.818 bits per heavy atom. The first kappa shape index (κ1) is 22.3. The van der Waals surface area contributed by atoms with Gasteiger partial charge in [0.2, 0.25) is 0 Å². The van der Waals surface area contributed by atoms with Crippen molar-refractivity contribution in [3.63, 3.8) is 0 Å². The minimum absolute atomic E-state index is 0.370. The van der Waals surface area contributed by atoms with E-state index in [2.05, 4.69) is 0 Å². The predicted molar refractivity (Wildman–Crippen MR) is 103 cm³/mol. The molecule has 0 aromatic carbocycles. The van der Waals surface area contributed by atoms with Gasteiger partial charge in [-0.05, 0) is 12.8 Å². The van der Waals surface area contributed by atoms with Crippen molar-refractivity contribution in [1.82, 2.24) is 0 Å². The van der Waals surface area contributed by atoms with Crippen molar-refractivity contribution in [3.05, 3.63) is 0 Å². The summed E-state index contributed by atoms with van der Waals surface area (Å²) in [5, 5.41) is 8.70. The molecule has 1 radical (unpaired) electrons. The highest BCUT2D eigenvalue weighted by atomic mass is 32.1. The third kappa shape index (κ3) is 20.3. The maximum absolute atomic E-state index is 8.70. The summed E-state index contributed by atoms with van der Waals surface area (Å²) in [5.41, 5.74) is 0. The van der Waals surface area contributed by atoms with Gasteiger partial charge in [-0.15, -0.1) is 0 Å². The number of hydrogen-bond acceptors (Lipinski definition) is 1. The predicted octanol–water partition coefficient (Wildman–Crippen LogP) is 7.20. The highest BCUT2D eigenvalue weighted by Crippen LogP contribution is 2.14. The summed E-state index contributed by atoms with van der Waals surface area (Å²) < 4.78 is 0. The van der Waals surface area contributed by atoms with Crippen LogP contribution in [0.5, 0.6) is 0 Å². The minimum Gasteiger partial charge on any atom is -0.396 e. The number of aliphatic hydroxyl groups is 1. The fourth-order valence-electron chi connectivity index (χ4n) is 3.04. The lowest BCUT2D eigenvalue weighted by atomic mass is 10.0. The number of unbranched alkanes of at least 4 members (excludes halogenated alkanes) is 17. The van der Waals surface area contributed by atoms with Crippen molar-refractivity contribution >= 4 is 12.6 Å².